The first-order valence-corrected chi connectivity index (χ1v) is 11.8. The highest BCUT2D eigenvalue weighted by Gasteiger charge is 2.76. The van der Waals surface area contributed by atoms with E-state index < -0.39 is 35.8 Å². The molecule has 1 aliphatic heterocycles. The fourth-order valence-electron chi connectivity index (χ4n) is 5.66. The average Bonchev–Trinajstić information content (AvgIpc) is 3.28. The molecule has 0 amide bonds. The topological polar surface area (TPSA) is 108 Å². The van der Waals surface area contributed by atoms with Crippen LogP contribution in [0.1, 0.15) is 24.0 Å². The van der Waals surface area contributed by atoms with Crippen LogP contribution in [-0.4, -0.2) is 53.8 Å². The van der Waals surface area contributed by atoms with E-state index in [1.165, 1.54) is 19.5 Å². The number of nitrogens with zero attached hydrogens (tertiary/aromatic N) is 2. The number of allylic oxidation sites excluding steroid dienone is 3. The van der Waals surface area contributed by atoms with Gasteiger partial charge in [0.2, 0.25) is 0 Å². The van der Waals surface area contributed by atoms with Crippen LogP contribution in [0.15, 0.2) is 78.7 Å². The molecule has 7 nitrogen and oxygen atoms in total. The number of aromatic nitrogens is 1. The second-order valence-corrected chi connectivity index (χ2v) is 8.92. The van der Waals surface area contributed by atoms with Crippen molar-refractivity contribution in [2.24, 2.45) is 5.92 Å². The van der Waals surface area contributed by atoms with Crippen LogP contribution in [0, 0.1) is 17.2 Å². The van der Waals surface area contributed by atoms with Gasteiger partial charge in [0.25, 0.3) is 0 Å². The lowest BCUT2D eigenvalue weighted by molar-refractivity contribution is -0.130. The number of fused-ring (bicyclic) bond motifs is 3. The summed E-state index contributed by atoms with van der Waals surface area (Å²) < 4.78 is 25.1. The van der Waals surface area contributed by atoms with Gasteiger partial charge in [-0.05, 0) is 24.1 Å². The van der Waals surface area contributed by atoms with E-state index in [9.17, 15) is 19.9 Å². The highest BCUT2D eigenvalue weighted by molar-refractivity contribution is 5.61. The number of alkyl halides is 1. The van der Waals surface area contributed by atoms with E-state index >= 15 is 0 Å². The smallest absolute Gasteiger partial charge is 0.176 e. The third kappa shape index (κ3) is 3.71. The lowest BCUT2D eigenvalue weighted by Crippen LogP contribution is -2.55. The van der Waals surface area contributed by atoms with Crippen LogP contribution in [-0.2, 0) is 5.60 Å². The maximum atomic E-state index is 13.0. The number of rotatable bonds is 9. The first kappa shape index (κ1) is 25.6. The third-order valence-corrected chi connectivity index (χ3v) is 7.21. The second-order valence-electron chi connectivity index (χ2n) is 8.92. The number of halogens is 1. The van der Waals surface area contributed by atoms with Gasteiger partial charge in [0, 0.05) is 30.5 Å². The molecule has 3 N–H and O–H groups in total. The number of pyridine rings is 1. The Balaban J connectivity index is 1.98. The molecule has 0 bridgehead atoms. The van der Waals surface area contributed by atoms with Crippen molar-refractivity contribution in [3.8, 4) is 17.6 Å². The number of ether oxygens (including phenoxy) is 2. The van der Waals surface area contributed by atoms with Gasteiger partial charge in [-0.15, -0.1) is 0 Å². The van der Waals surface area contributed by atoms with Crippen LogP contribution in [0.3, 0.4) is 0 Å². The summed E-state index contributed by atoms with van der Waals surface area (Å²) in [5.41, 5.74) is -1.70. The lowest BCUT2D eigenvalue weighted by atomic mass is 9.70. The predicted octanol–water partition coefficient (Wildman–Crippen LogP) is 3.32. The van der Waals surface area contributed by atoms with E-state index in [1.54, 1.807) is 25.2 Å². The number of hydrogen-bond acceptors (Lipinski definition) is 7. The van der Waals surface area contributed by atoms with E-state index in [0.717, 1.165) is 5.56 Å². The zero-order valence-electron chi connectivity index (χ0n) is 20.3. The fraction of sp³-hybridized carbons (Fsp3) is 0.357. The molecule has 1 fully saturated rings. The normalized spacial score (nSPS) is 28.9. The van der Waals surface area contributed by atoms with Crippen molar-refractivity contribution < 1.29 is 24.1 Å². The van der Waals surface area contributed by atoms with Gasteiger partial charge in [-0.25, -0.2) is 4.39 Å². The van der Waals surface area contributed by atoms with Crippen molar-refractivity contribution in [3.05, 3.63) is 89.8 Å². The first-order valence-electron chi connectivity index (χ1n) is 11.8. The highest BCUT2D eigenvalue weighted by atomic mass is 19.1. The Morgan fingerprint density at radius 1 is 1.33 bits per heavy atom. The average molecular weight is 492 g/mol. The minimum atomic E-state index is -1.98. The van der Waals surface area contributed by atoms with Gasteiger partial charge in [-0.2, -0.15) is 5.26 Å². The summed E-state index contributed by atoms with van der Waals surface area (Å²) in [7, 11) is 1.46. The first-order chi connectivity index (χ1) is 17.4. The summed E-state index contributed by atoms with van der Waals surface area (Å²) in [4.78, 5) is 4.18. The van der Waals surface area contributed by atoms with Crippen LogP contribution in [0.25, 0.3) is 0 Å². The molecule has 2 aliphatic rings. The Bertz CT molecular complexity index is 1230. The number of benzene rings is 1. The fourth-order valence-corrected chi connectivity index (χ4v) is 5.66. The van der Waals surface area contributed by atoms with Crippen LogP contribution in [0.4, 0.5) is 4.39 Å². The summed E-state index contributed by atoms with van der Waals surface area (Å²) in [5, 5.41) is 36.8. The quantitative estimate of drug-likeness (QED) is 0.281. The molecule has 0 unspecified atom stereocenters. The van der Waals surface area contributed by atoms with E-state index in [1.807, 2.05) is 30.3 Å². The molecule has 1 saturated carbocycles. The molecule has 36 heavy (non-hydrogen) atoms. The number of nitrogens with one attached hydrogen (secondary N) is 1. The van der Waals surface area contributed by atoms with Crippen molar-refractivity contribution in [1.82, 2.24) is 10.3 Å². The molecule has 2 heterocycles. The monoisotopic (exact) mass is 491 g/mol. The summed E-state index contributed by atoms with van der Waals surface area (Å²) in [6.07, 6.45) is 6.49. The Morgan fingerprint density at radius 3 is 2.72 bits per heavy atom. The lowest BCUT2D eigenvalue weighted by Gasteiger charge is -2.41. The van der Waals surface area contributed by atoms with Crippen LogP contribution < -0.4 is 14.8 Å². The predicted molar refractivity (Wildman–Crippen MR) is 133 cm³/mol. The molecule has 2 aromatic rings. The number of hydrogen-bond donors (Lipinski definition) is 3. The summed E-state index contributed by atoms with van der Waals surface area (Å²) >= 11 is 0. The standard InChI is InChI=1S/C28H30FN3O4/c1-4-19(14-30)11-10-18(2)28-24(20-8-6-5-7-9-20)21(15-31-13-12-29)26(33)27(28,34)25-22(35-3)16-32-17-23(25)36-28/h4-11,16-17,21,24,26,31,33-34H,2,12-13,15H2,1,3H3/b11-10-,19-4+/t21-,24-,26-,27+,28+/m1/s1. The molecule has 188 valence electrons. The van der Waals surface area contributed by atoms with Crippen molar-refractivity contribution in [2.45, 2.75) is 30.1 Å². The number of nitriles is 1. The third-order valence-electron chi connectivity index (χ3n) is 7.21. The minimum Gasteiger partial charge on any atom is -0.495 e. The molecule has 0 spiro atoms. The van der Waals surface area contributed by atoms with Crippen molar-refractivity contribution in [3.63, 3.8) is 0 Å². The molecular weight excluding hydrogens is 461 g/mol. The van der Waals surface area contributed by atoms with Gasteiger partial charge in [0.15, 0.2) is 11.2 Å². The molecule has 1 aromatic carbocycles. The highest BCUT2D eigenvalue weighted by Crippen LogP contribution is 2.67. The van der Waals surface area contributed by atoms with E-state index in [-0.39, 0.29) is 30.2 Å². The maximum Gasteiger partial charge on any atom is 0.176 e. The van der Waals surface area contributed by atoms with E-state index in [0.29, 0.717) is 11.1 Å². The second kappa shape index (κ2) is 10.2. The van der Waals surface area contributed by atoms with Gasteiger partial charge < -0.3 is 25.0 Å². The van der Waals surface area contributed by atoms with E-state index in [4.69, 9.17) is 9.47 Å². The maximum absolute atomic E-state index is 13.0. The molecule has 0 radical (unpaired) electrons. The van der Waals surface area contributed by atoms with Crippen molar-refractivity contribution in [2.75, 3.05) is 26.9 Å². The molecule has 0 saturated heterocycles. The zero-order valence-corrected chi connectivity index (χ0v) is 20.3. The van der Waals surface area contributed by atoms with Crippen molar-refractivity contribution in [1.29, 1.82) is 5.26 Å². The molecule has 5 atom stereocenters. The van der Waals surface area contributed by atoms with Crippen LogP contribution in [0.5, 0.6) is 11.5 Å². The minimum absolute atomic E-state index is 0.106. The molecule has 8 heteroatoms. The number of methoxy groups -OCH3 is 1. The van der Waals surface area contributed by atoms with Gasteiger partial charge in [-0.3, -0.25) is 4.98 Å². The van der Waals surface area contributed by atoms with Gasteiger partial charge in [0.05, 0.1) is 37.2 Å². The molecular formula is C28H30FN3O4. The van der Waals surface area contributed by atoms with Crippen LogP contribution in [0.2, 0.25) is 0 Å². The molecule has 4 rings (SSSR count). The Kier molecular flexibility index (Phi) is 7.27. The Morgan fingerprint density at radius 2 is 2.08 bits per heavy atom. The number of aliphatic hydroxyl groups excluding tert-OH is 1. The number of aliphatic hydroxyl groups is 2. The summed E-state index contributed by atoms with van der Waals surface area (Å²) in [6, 6.07) is 11.5. The summed E-state index contributed by atoms with van der Waals surface area (Å²) in [6.45, 7) is 5.78. The molecule has 1 aliphatic carbocycles. The largest absolute Gasteiger partial charge is 0.495 e. The SMILES string of the molecule is C=C(/C=C\C(C#N)=C/C)[C@@]12Oc3cncc(OC)c3[C@]1(O)[C@H](O)[C@H](CNCCF)[C@H]2c1ccccc1. The molecule has 1 aromatic heterocycles. The van der Waals surface area contributed by atoms with E-state index in [2.05, 4.69) is 22.9 Å². The summed E-state index contributed by atoms with van der Waals surface area (Å²) in [5.74, 6) is -0.648. The zero-order chi connectivity index (χ0) is 25.9. The van der Waals surface area contributed by atoms with Crippen LogP contribution >= 0.6 is 0 Å². The van der Waals surface area contributed by atoms with Gasteiger partial charge in [0.1, 0.15) is 18.2 Å². The van der Waals surface area contributed by atoms with Gasteiger partial charge >= 0.3 is 0 Å². The Labute approximate surface area is 210 Å². The van der Waals surface area contributed by atoms with Gasteiger partial charge in [-0.1, -0.05) is 49.1 Å². The van der Waals surface area contributed by atoms with Crippen molar-refractivity contribution >= 4 is 0 Å². The Hall–Kier alpha value is -3.51.